The molecule has 136 valence electrons. The van der Waals surface area contributed by atoms with Crippen molar-refractivity contribution in [2.24, 2.45) is 5.92 Å². The van der Waals surface area contributed by atoms with Crippen LogP contribution < -0.4 is 0 Å². The third-order valence-corrected chi connectivity index (χ3v) is 4.68. The molecule has 0 atom stereocenters. The minimum atomic E-state index is 0.265. The molecule has 0 bridgehead atoms. The number of Topliss-reactive ketones (excluding diaryl/α,β-unsaturated/α-hetero) is 1. The van der Waals surface area contributed by atoms with Gasteiger partial charge < -0.3 is 4.57 Å². The van der Waals surface area contributed by atoms with E-state index in [0.717, 1.165) is 36.6 Å². The van der Waals surface area contributed by atoms with Gasteiger partial charge in [0.05, 0.1) is 0 Å². The molecule has 4 nitrogen and oxygen atoms in total. The molecule has 0 unspecified atom stereocenters. The van der Waals surface area contributed by atoms with E-state index in [2.05, 4.69) is 67.6 Å². The fourth-order valence-corrected chi connectivity index (χ4v) is 3.12. The summed E-state index contributed by atoms with van der Waals surface area (Å²) in [4.78, 5) is 12.4. The number of carbonyl (C=O) groups is 1. The van der Waals surface area contributed by atoms with E-state index in [1.807, 2.05) is 0 Å². The summed E-state index contributed by atoms with van der Waals surface area (Å²) in [5, 5.41) is 8.68. The lowest BCUT2D eigenvalue weighted by Crippen LogP contribution is -2.11. The lowest BCUT2D eigenvalue weighted by atomic mass is 9.99. The van der Waals surface area contributed by atoms with Crippen molar-refractivity contribution in [2.75, 3.05) is 0 Å². The maximum Gasteiger partial charge on any atom is 0.137 e. The Kier molecular flexibility index (Phi) is 6.91. The molecule has 1 heterocycles. The molecule has 0 aliphatic heterocycles. The Morgan fingerprint density at radius 1 is 1.12 bits per heavy atom. The van der Waals surface area contributed by atoms with Gasteiger partial charge in [-0.1, -0.05) is 37.6 Å². The molecule has 1 aromatic heterocycles. The zero-order valence-corrected chi connectivity index (χ0v) is 16.3. The van der Waals surface area contributed by atoms with E-state index in [1.165, 1.54) is 11.1 Å². The summed E-state index contributed by atoms with van der Waals surface area (Å²) in [6.07, 6.45) is 3.77. The molecule has 0 aliphatic rings. The fraction of sp³-hybridized carbons (Fsp3) is 0.571. The molecule has 2 aromatic rings. The number of aromatic nitrogens is 3. The molecular weight excluding hydrogens is 310 g/mol. The predicted molar refractivity (Wildman–Crippen MR) is 102 cm³/mol. The van der Waals surface area contributed by atoms with Gasteiger partial charge in [0.2, 0.25) is 0 Å². The second kappa shape index (κ2) is 8.93. The van der Waals surface area contributed by atoms with Crippen LogP contribution in [0.4, 0.5) is 0 Å². The Hall–Kier alpha value is -1.97. The first-order chi connectivity index (χ1) is 11.9. The summed E-state index contributed by atoms with van der Waals surface area (Å²) in [5.41, 5.74) is 3.56. The number of aryl methyl sites for hydroxylation is 4. The maximum atomic E-state index is 12.4. The first-order valence-corrected chi connectivity index (χ1v) is 9.39. The number of rotatable bonds is 9. The fourth-order valence-electron chi connectivity index (χ4n) is 3.12. The van der Waals surface area contributed by atoms with Gasteiger partial charge in [-0.15, -0.1) is 10.2 Å². The van der Waals surface area contributed by atoms with Crippen molar-refractivity contribution in [3.8, 4) is 0 Å². The third kappa shape index (κ3) is 5.52. The van der Waals surface area contributed by atoms with Crippen molar-refractivity contribution in [3.05, 3.63) is 46.5 Å². The number of hydrogen-bond donors (Lipinski definition) is 0. The third-order valence-electron chi connectivity index (χ3n) is 4.68. The van der Waals surface area contributed by atoms with Crippen LogP contribution in [0.15, 0.2) is 18.2 Å². The number of hydrogen-bond acceptors (Lipinski definition) is 3. The van der Waals surface area contributed by atoms with Crippen LogP contribution >= 0.6 is 0 Å². The Bertz CT molecular complexity index is 716. The van der Waals surface area contributed by atoms with E-state index in [-0.39, 0.29) is 5.78 Å². The number of nitrogens with zero attached hydrogens (tertiary/aromatic N) is 3. The normalized spacial score (nSPS) is 11.3. The summed E-state index contributed by atoms with van der Waals surface area (Å²) in [5.74, 6) is 2.91. The Labute approximate surface area is 151 Å². The van der Waals surface area contributed by atoms with Crippen molar-refractivity contribution >= 4 is 5.78 Å². The second-order valence-electron chi connectivity index (χ2n) is 7.35. The smallest absolute Gasteiger partial charge is 0.137 e. The molecule has 25 heavy (non-hydrogen) atoms. The van der Waals surface area contributed by atoms with Crippen LogP contribution in [0, 0.1) is 19.8 Å². The number of carbonyl (C=O) groups excluding carboxylic acids is 1. The molecule has 0 aliphatic carbocycles. The van der Waals surface area contributed by atoms with E-state index in [0.29, 0.717) is 25.2 Å². The molecule has 1 aromatic carbocycles. The quantitative estimate of drug-likeness (QED) is 0.685. The van der Waals surface area contributed by atoms with Gasteiger partial charge in [0.25, 0.3) is 0 Å². The van der Waals surface area contributed by atoms with Gasteiger partial charge in [0, 0.05) is 32.2 Å². The van der Waals surface area contributed by atoms with E-state index in [9.17, 15) is 4.79 Å². The highest BCUT2D eigenvalue weighted by Gasteiger charge is 2.13. The average molecular weight is 341 g/mol. The summed E-state index contributed by atoms with van der Waals surface area (Å²) in [7, 11) is 0. The molecule has 0 amide bonds. The van der Waals surface area contributed by atoms with E-state index in [1.54, 1.807) is 0 Å². The van der Waals surface area contributed by atoms with Crippen LogP contribution in [-0.4, -0.2) is 20.5 Å². The Morgan fingerprint density at radius 2 is 1.80 bits per heavy atom. The molecule has 0 saturated carbocycles. The number of benzene rings is 1. The highest BCUT2D eigenvalue weighted by molar-refractivity contribution is 5.81. The van der Waals surface area contributed by atoms with Crippen LogP contribution in [-0.2, 0) is 30.6 Å². The number of ketones is 1. The first kappa shape index (κ1) is 19.4. The summed E-state index contributed by atoms with van der Waals surface area (Å²) >= 11 is 0. The van der Waals surface area contributed by atoms with Crippen molar-refractivity contribution in [1.29, 1.82) is 0 Å². The van der Waals surface area contributed by atoms with Crippen molar-refractivity contribution in [3.63, 3.8) is 0 Å². The van der Waals surface area contributed by atoms with Gasteiger partial charge in [-0.2, -0.15) is 0 Å². The zero-order chi connectivity index (χ0) is 18.4. The summed E-state index contributed by atoms with van der Waals surface area (Å²) < 4.78 is 2.17. The maximum absolute atomic E-state index is 12.4. The molecule has 0 fully saturated rings. The molecule has 0 N–H and O–H groups in total. The molecule has 0 spiro atoms. The second-order valence-corrected chi connectivity index (χ2v) is 7.35. The van der Waals surface area contributed by atoms with Gasteiger partial charge >= 0.3 is 0 Å². The summed E-state index contributed by atoms with van der Waals surface area (Å²) in [6, 6.07) is 6.28. The van der Waals surface area contributed by atoms with Crippen molar-refractivity contribution in [1.82, 2.24) is 14.8 Å². The Balaban J connectivity index is 1.95. The highest BCUT2D eigenvalue weighted by Crippen LogP contribution is 2.14. The van der Waals surface area contributed by atoms with Gasteiger partial charge in [-0.05, 0) is 44.2 Å². The van der Waals surface area contributed by atoms with E-state index >= 15 is 0 Å². The van der Waals surface area contributed by atoms with E-state index < -0.39 is 0 Å². The summed E-state index contributed by atoms with van der Waals surface area (Å²) in [6.45, 7) is 11.6. The van der Waals surface area contributed by atoms with Crippen LogP contribution in [0.2, 0.25) is 0 Å². The Morgan fingerprint density at radius 3 is 2.40 bits per heavy atom. The van der Waals surface area contributed by atoms with Crippen LogP contribution in [0.3, 0.4) is 0 Å². The SMILES string of the molecule is CCn1c(CCC(=O)Cc2ccc(C)cc2C)nnc1CCC(C)C. The standard InChI is InChI=1S/C21H31N3O/c1-6-24-20(11-7-15(2)3)22-23-21(24)12-10-19(25)14-18-9-8-16(4)13-17(18)5/h8-9,13,15H,6-7,10-12,14H2,1-5H3. The first-order valence-electron chi connectivity index (χ1n) is 9.39. The highest BCUT2D eigenvalue weighted by atomic mass is 16.1. The van der Waals surface area contributed by atoms with Gasteiger partial charge in [0.15, 0.2) is 0 Å². The van der Waals surface area contributed by atoms with E-state index in [4.69, 9.17) is 0 Å². The minimum Gasteiger partial charge on any atom is -0.315 e. The predicted octanol–water partition coefficient (Wildman–Crippen LogP) is 4.25. The average Bonchev–Trinajstić information content (AvgIpc) is 2.95. The minimum absolute atomic E-state index is 0.265. The molecular formula is C21H31N3O. The van der Waals surface area contributed by atoms with Crippen LogP contribution in [0.25, 0.3) is 0 Å². The van der Waals surface area contributed by atoms with Gasteiger partial charge in [-0.3, -0.25) is 4.79 Å². The molecule has 4 heteroatoms. The van der Waals surface area contributed by atoms with Crippen molar-refractivity contribution < 1.29 is 4.79 Å². The largest absolute Gasteiger partial charge is 0.315 e. The lowest BCUT2D eigenvalue weighted by molar-refractivity contribution is -0.118. The lowest BCUT2D eigenvalue weighted by Gasteiger charge is -2.09. The topological polar surface area (TPSA) is 47.8 Å². The monoisotopic (exact) mass is 341 g/mol. The van der Waals surface area contributed by atoms with Gasteiger partial charge in [-0.25, -0.2) is 0 Å². The molecule has 0 radical (unpaired) electrons. The van der Waals surface area contributed by atoms with Crippen LogP contribution in [0.1, 0.15) is 62.0 Å². The van der Waals surface area contributed by atoms with Gasteiger partial charge in [0.1, 0.15) is 17.4 Å². The molecule has 2 rings (SSSR count). The van der Waals surface area contributed by atoms with Crippen molar-refractivity contribution in [2.45, 2.75) is 73.3 Å². The molecule has 0 saturated heterocycles. The zero-order valence-electron chi connectivity index (χ0n) is 16.3. The van der Waals surface area contributed by atoms with Crippen LogP contribution in [0.5, 0.6) is 0 Å².